The van der Waals surface area contributed by atoms with Gasteiger partial charge in [-0.1, -0.05) is 164 Å². The molecule has 0 saturated heterocycles. The van der Waals surface area contributed by atoms with Crippen LogP contribution in [-0.2, 0) is 5.41 Å². The van der Waals surface area contributed by atoms with Crippen LogP contribution in [0, 0.1) is 0 Å². The lowest BCUT2D eigenvalue weighted by molar-refractivity contribution is 0.483. The maximum Gasteiger partial charge on any atom is 0.137 e. The third kappa shape index (κ3) is 6.19. The Morgan fingerprint density at radius 1 is 0.448 bits per heavy atom. The van der Waals surface area contributed by atoms with Gasteiger partial charge in [0, 0.05) is 51.3 Å². The predicted molar refractivity (Wildman–Crippen MR) is 275 cm³/mol. The van der Waals surface area contributed by atoms with Crippen molar-refractivity contribution in [1.82, 2.24) is 9.55 Å². The van der Waals surface area contributed by atoms with E-state index in [0.717, 1.165) is 50.8 Å². The van der Waals surface area contributed by atoms with E-state index in [2.05, 4.69) is 246 Å². The minimum absolute atomic E-state index is 0.342. The summed E-state index contributed by atoms with van der Waals surface area (Å²) in [5.74, 6) is 2.38. The Labute approximate surface area is 390 Å². The summed E-state index contributed by atoms with van der Waals surface area (Å²) in [5.41, 5.74) is 17.5. The number of hydrogen-bond acceptors (Lipinski definition) is 4. The molecule has 318 valence electrons. The zero-order valence-corrected chi connectivity index (χ0v) is 36.9. The summed E-state index contributed by atoms with van der Waals surface area (Å²) in [6.45, 7) is 2.98. The second-order valence-corrected chi connectivity index (χ2v) is 17.7. The van der Waals surface area contributed by atoms with Crippen molar-refractivity contribution in [2.75, 3.05) is 16.5 Å². The summed E-state index contributed by atoms with van der Waals surface area (Å²) >= 11 is 0. The number of hydrogen-bond donors (Lipinski definition) is 0. The van der Waals surface area contributed by atoms with Crippen LogP contribution < -0.4 is 14.5 Å². The molecule has 0 unspecified atom stereocenters. The number of fused-ring (bicyclic) bond motifs is 7. The highest BCUT2D eigenvalue weighted by molar-refractivity contribution is 6.09. The maximum absolute atomic E-state index is 6.85. The number of pyridine rings is 1. The van der Waals surface area contributed by atoms with E-state index in [-0.39, 0.29) is 5.41 Å². The van der Waals surface area contributed by atoms with Gasteiger partial charge in [0.2, 0.25) is 0 Å². The topological polar surface area (TPSA) is 33.5 Å². The molecule has 13 rings (SSSR count). The number of benzene rings is 9. The van der Waals surface area contributed by atoms with E-state index < -0.39 is 0 Å². The second kappa shape index (κ2) is 15.5. The van der Waals surface area contributed by atoms with Crippen molar-refractivity contribution in [3.05, 3.63) is 253 Å². The van der Waals surface area contributed by atoms with Crippen LogP contribution in [-0.4, -0.2) is 16.2 Å². The van der Waals surface area contributed by atoms with Crippen molar-refractivity contribution in [3.8, 4) is 50.7 Å². The van der Waals surface area contributed by atoms with Crippen LogP contribution in [0.2, 0.25) is 0 Å². The van der Waals surface area contributed by atoms with E-state index in [1.165, 1.54) is 61.1 Å². The Kier molecular flexibility index (Phi) is 8.97. The Balaban J connectivity index is 0.874. The molecule has 11 aromatic rings. The molecule has 0 saturated carbocycles. The average molecular weight is 861 g/mol. The third-order valence-corrected chi connectivity index (χ3v) is 14.0. The minimum Gasteiger partial charge on any atom is -0.457 e. The zero-order valence-electron chi connectivity index (χ0n) is 36.9. The van der Waals surface area contributed by atoms with E-state index in [1.807, 2.05) is 12.3 Å². The lowest BCUT2D eigenvalue weighted by Crippen LogP contribution is -2.24. The second-order valence-electron chi connectivity index (χ2n) is 17.7. The van der Waals surface area contributed by atoms with Gasteiger partial charge in [-0.3, -0.25) is 4.57 Å². The number of anilines is 4. The molecule has 67 heavy (non-hydrogen) atoms. The van der Waals surface area contributed by atoms with Crippen molar-refractivity contribution in [3.63, 3.8) is 0 Å². The first-order chi connectivity index (χ1) is 33.1. The molecule has 1 aliphatic carbocycles. The smallest absolute Gasteiger partial charge is 0.137 e. The third-order valence-electron chi connectivity index (χ3n) is 14.0. The highest BCUT2D eigenvalue weighted by Gasteiger charge is 2.41. The largest absolute Gasteiger partial charge is 0.457 e. The Morgan fingerprint density at radius 2 is 1.01 bits per heavy atom. The summed E-state index contributed by atoms with van der Waals surface area (Å²) in [4.78, 5) is 9.93. The Hall–Kier alpha value is -8.67. The van der Waals surface area contributed by atoms with Crippen LogP contribution in [0.3, 0.4) is 0 Å². The normalized spacial score (nSPS) is 13.4. The average Bonchev–Trinajstić information content (AvgIpc) is 4.03. The lowest BCUT2D eigenvalue weighted by Gasteiger charge is -2.28. The molecular formula is C62H44N4O. The van der Waals surface area contributed by atoms with Gasteiger partial charge in [-0.15, -0.1) is 0 Å². The van der Waals surface area contributed by atoms with E-state index >= 15 is 0 Å². The summed E-state index contributed by atoms with van der Waals surface area (Å²) in [7, 11) is 0. The molecule has 9 aromatic carbocycles. The SMILES string of the molecule is CC1(c2ccnc(-n3c4ccccc4c4ccc(Oc5cccc(N6CN(c7c(-c8ccccc8)cccc7-c7ccccc7)c7ccccc76)c5)cc43)c2)c2ccccc2-c2ccccc21. The fourth-order valence-electron chi connectivity index (χ4n) is 10.9. The molecule has 2 aliphatic rings. The molecule has 0 spiro atoms. The van der Waals surface area contributed by atoms with E-state index in [0.29, 0.717) is 6.67 Å². The quantitative estimate of drug-likeness (QED) is 0.152. The highest BCUT2D eigenvalue weighted by Crippen LogP contribution is 2.53. The molecular weight excluding hydrogens is 817 g/mol. The van der Waals surface area contributed by atoms with Crippen LogP contribution in [0.1, 0.15) is 23.6 Å². The van der Waals surface area contributed by atoms with Crippen molar-refractivity contribution in [1.29, 1.82) is 0 Å². The van der Waals surface area contributed by atoms with Gasteiger partial charge in [0.1, 0.15) is 24.0 Å². The van der Waals surface area contributed by atoms with Crippen molar-refractivity contribution in [2.24, 2.45) is 0 Å². The van der Waals surface area contributed by atoms with Gasteiger partial charge < -0.3 is 14.5 Å². The number of rotatable bonds is 8. The molecule has 3 heterocycles. The Morgan fingerprint density at radius 3 is 1.73 bits per heavy atom. The first-order valence-corrected chi connectivity index (χ1v) is 23.0. The monoisotopic (exact) mass is 860 g/mol. The number of aromatic nitrogens is 2. The number of nitrogens with zero attached hydrogens (tertiary/aromatic N) is 4. The summed E-state index contributed by atoms with van der Waals surface area (Å²) < 4.78 is 9.14. The molecule has 5 nitrogen and oxygen atoms in total. The lowest BCUT2D eigenvalue weighted by atomic mass is 9.74. The molecule has 2 aromatic heterocycles. The molecule has 0 N–H and O–H groups in total. The van der Waals surface area contributed by atoms with E-state index in [1.54, 1.807) is 0 Å². The standard InChI is InChI=1S/C62H44N4O/c1-62(54-29-11-8-24-50(54)51-25-9-12-30-55(51)62)44-36-37-63-60(38-44)66-56-31-13-10-26-52(56)53-35-34-47(40-59(53)66)67-46-23-16-22-45(39-46)64-41-65(58-33-15-14-32-57(58)64)61-48(42-18-4-2-5-19-42)27-17-28-49(61)43-20-6-3-7-21-43/h2-40H,41H2,1H3. The van der Waals surface area contributed by atoms with E-state index in [9.17, 15) is 0 Å². The first kappa shape index (κ1) is 38.8. The highest BCUT2D eigenvalue weighted by atomic mass is 16.5. The van der Waals surface area contributed by atoms with Gasteiger partial charge in [0.15, 0.2) is 0 Å². The number of ether oxygens (including phenoxy) is 1. The van der Waals surface area contributed by atoms with Gasteiger partial charge >= 0.3 is 0 Å². The fourth-order valence-corrected chi connectivity index (χ4v) is 10.9. The number of para-hydroxylation sites is 4. The first-order valence-electron chi connectivity index (χ1n) is 23.0. The van der Waals surface area contributed by atoms with Crippen LogP contribution >= 0.6 is 0 Å². The van der Waals surface area contributed by atoms with Gasteiger partial charge in [-0.05, 0) is 100 Å². The van der Waals surface area contributed by atoms with Gasteiger partial charge in [0.05, 0.1) is 28.1 Å². The van der Waals surface area contributed by atoms with Gasteiger partial charge in [-0.25, -0.2) is 4.98 Å². The van der Waals surface area contributed by atoms with Crippen molar-refractivity contribution in [2.45, 2.75) is 12.3 Å². The van der Waals surface area contributed by atoms with Crippen LogP contribution in [0.4, 0.5) is 22.7 Å². The molecule has 1 aliphatic heterocycles. The maximum atomic E-state index is 6.85. The van der Waals surface area contributed by atoms with E-state index in [4.69, 9.17) is 9.72 Å². The summed E-state index contributed by atoms with van der Waals surface area (Å²) in [6, 6.07) is 82.4. The minimum atomic E-state index is -0.342. The molecule has 5 heteroatoms. The van der Waals surface area contributed by atoms with Gasteiger partial charge in [-0.2, -0.15) is 0 Å². The van der Waals surface area contributed by atoms with Crippen LogP contribution in [0.5, 0.6) is 11.5 Å². The summed E-state index contributed by atoms with van der Waals surface area (Å²) in [6.07, 6.45) is 1.96. The molecule has 0 bridgehead atoms. The molecule has 0 fully saturated rings. The zero-order chi connectivity index (χ0) is 44.5. The van der Waals surface area contributed by atoms with Gasteiger partial charge in [0.25, 0.3) is 0 Å². The predicted octanol–water partition coefficient (Wildman–Crippen LogP) is 15.9. The Bertz CT molecular complexity index is 3590. The molecule has 0 atom stereocenters. The van der Waals surface area contributed by atoms with Crippen LogP contribution in [0.25, 0.3) is 61.0 Å². The fraction of sp³-hybridized carbons (Fsp3) is 0.0484. The van der Waals surface area contributed by atoms with Crippen LogP contribution in [0.15, 0.2) is 237 Å². The van der Waals surface area contributed by atoms with Crippen molar-refractivity contribution < 1.29 is 4.74 Å². The van der Waals surface area contributed by atoms with Crippen molar-refractivity contribution >= 4 is 44.6 Å². The molecule has 0 radical (unpaired) electrons. The summed E-state index contributed by atoms with van der Waals surface area (Å²) in [5, 5.41) is 2.31. The molecule has 0 amide bonds.